The molecular weight excluding hydrogens is 658 g/mol. The van der Waals surface area contributed by atoms with E-state index in [-0.39, 0.29) is 28.1 Å². The summed E-state index contributed by atoms with van der Waals surface area (Å²) in [6, 6.07) is 12.0. The van der Waals surface area contributed by atoms with Crippen LogP contribution >= 0.6 is 11.6 Å². The Labute approximate surface area is 298 Å². The first-order valence-electron chi connectivity index (χ1n) is 18.4. The average Bonchev–Trinajstić information content (AvgIpc) is 3.22. The Hall–Kier alpha value is -2.30. The largest absolute Gasteiger partial charge is 0.490 e. The van der Waals surface area contributed by atoms with Crippen LogP contribution in [0.4, 0.5) is 5.69 Å². The molecule has 3 heterocycles. The Bertz CT molecular complexity index is 1650. The van der Waals surface area contributed by atoms with E-state index in [1.807, 2.05) is 32.2 Å². The molecule has 1 saturated carbocycles. The van der Waals surface area contributed by atoms with E-state index >= 15 is 0 Å². The molecule has 10 heteroatoms. The molecule has 2 aromatic rings. The molecule has 2 fully saturated rings. The number of hydrogen-bond acceptors (Lipinski definition) is 7. The lowest BCUT2D eigenvalue weighted by molar-refractivity contribution is -0.137. The lowest BCUT2D eigenvalue weighted by atomic mass is 9.62. The van der Waals surface area contributed by atoms with Crippen LogP contribution in [0.25, 0.3) is 0 Å². The number of nitrogens with zero attached hydrogens (tertiary/aromatic N) is 2. The molecule has 0 aromatic heterocycles. The van der Waals surface area contributed by atoms with Crippen LogP contribution in [0.2, 0.25) is 5.02 Å². The first-order valence-corrected chi connectivity index (χ1v) is 20.5. The summed E-state index contributed by atoms with van der Waals surface area (Å²) in [5.74, 6) is 5.45. The smallest absolute Gasteiger partial charge is 0.262 e. The van der Waals surface area contributed by atoms with Gasteiger partial charge < -0.3 is 19.1 Å². The number of halogens is 1. The van der Waals surface area contributed by atoms with E-state index in [9.17, 15) is 9.00 Å². The number of ether oxygens (including phenoxy) is 3. The van der Waals surface area contributed by atoms with Gasteiger partial charge in [-0.2, -0.15) is 0 Å². The molecule has 49 heavy (non-hydrogen) atoms. The van der Waals surface area contributed by atoms with Crippen LogP contribution in [0.1, 0.15) is 80.3 Å². The number of carbonyl (C=O) groups is 1. The van der Waals surface area contributed by atoms with Gasteiger partial charge in [-0.3, -0.25) is 14.4 Å². The Balaban J connectivity index is 1.30. The lowest BCUT2D eigenvalue weighted by Gasteiger charge is -2.53. The van der Waals surface area contributed by atoms with Gasteiger partial charge in [0.1, 0.15) is 5.75 Å². The molecule has 1 unspecified atom stereocenters. The highest BCUT2D eigenvalue weighted by Crippen LogP contribution is 2.50. The standard InChI is InChI=1S/C39H54ClN3O5S/c1-27-7-5-16-39(46-3,25-42-17-19-47-20-18-42)34-12-9-31(34)23-43-24-38(15-6-8-29-21-32(40)11-13-33(29)38)26-48-36-14-10-30(22-35(36)43)37(44)41-49(4,45)28(27)2/h10-11,13-14,21-22,27-28,31,34H,4-9,12,15-20,23-26H2,1-3H3,(H,41,44,45)/t27-,28+,31-,34+,38-,39+,49?/m0/s1. The highest BCUT2D eigenvalue weighted by Gasteiger charge is 2.50. The number of rotatable bonds is 3. The van der Waals surface area contributed by atoms with Gasteiger partial charge in [-0.1, -0.05) is 31.0 Å². The summed E-state index contributed by atoms with van der Waals surface area (Å²) >= 11 is 6.50. The number of benzene rings is 2. The summed E-state index contributed by atoms with van der Waals surface area (Å²) < 4.78 is 36.0. The molecule has 8 nitrogen and oxygen atoms in total. The van der Waals surface area contributed by atoms with E-state index in [0.717, 1.165) is 114 Å². The van der Waals surface area contributed by atoms with Crippen LogP contribution < -0.4 is 14.4 Å². The average molecular weight is 712 g/mol. The number of hydrogen-bond donors (Lipinski definition) is 1. The molecule has 1 N–H and O–H groups in total. The monoisotopic (exact) mass is 711 g/mol. The number of morpholine rings is 1. The second kappa shape index (κ2) is 14.0. The van der Waals surface area contributed by atoms with Crippen molar-refractivity contribution in [3.8, 4) is 5.75 Å². The normalized spacial score (nSPS) is 35.7. The number of methoxy groups -OCH3 is 1. The molecular formula is C39H54ClN3O5S. The van der Waals surface area contributed by atoms with Crippen molar-refractivity contribution in [3.05, 3.63) is 58.1 Å². The van der Waals surface area contributed by atoms with Crippen LogP contribution in [0.15, 0.2) is 36.4 Å². The number of aryl methyl sites for hydroxylation is 1. The third-order valence-corrected chi connectivity index (χ3v) is 15.2. The van der Waals surface area contributed by atoms with Gasteiger partial charge in [0.25, 0.3) is 5.91 Å². The topological polar surface area (TPSA) is 80.3 Å². The van der Waals surface area contributed by atoms with Crippen LogP contribution in [0, 0.1) is 17.8 Å². The molecule has 5 aliphatic rings. The molecule has 1 spiro atoms. The van der Waals surface area contributed by atoms with Gasteiger partial charge in [-0.25, -0.2) is 4.21 Å². The minimum Gasteiger partial charge on any atom is -0.490 e. The zero-order valence-corrected chi connectivity index (χ0v) is 31.1. The summed E-state index contributed by atoms with van der Waals surface area (Å²) in [7, 11) is -0.995. The molecule has 268 valence electrons. The van der Waals surface area contributed by atoms with Crippen molar-refractivity contribution in [2.45, 2.75) is 81.5 Å². The molecule has 2 bridgehead atoms. The molecule has 2 aromatic carbocycles. The van der Waals surface area contributed by atoms with Gasteiger partial charge in [-0.05, 0) is 117 Å². The first-order chi connectivity index (χ1) is 23.5. The van der Waals surface area contributed by atoms with Gasteiger partial charge in [0.2, 0.25) is 0 Å². The molecule has 1 amide bonds. The van der Waals surface area contributed by atoms with Crippen molar-refractivity contribution >= 4 is 38.8 Å². The van der Waals surface area contributed by atoms with Gasteiger partial charge in [-0.15, -0.1) is 0 Å². The predicted octanol–water partition coefficient (Wildman–Crippen LogP) is 6.13. The quantitative estimate of drug-likeness (QED) is 0.384. The minimum absolute atomic E-state index is 0.119. The Kier molecular flexibility index (Phi) is 10.0. The van der Waals surface area contributed by atoms with Gasteiger partial charge in [0.15, 0.2) is 0 Å². The highest BCUT2D eigenvalue weighted by atomic mass is 35.5. The zero-order chi connectivity index (χ0) is 34.4. The Morgan fingerprint density at radius 1 is 1.08 bits per heavy atom. The fourth-order valence-corrected chi connectivity index (χ4v) is 11.2. The van der Waals surface area contributed by atoms with Crippen LogP contribution in [-0.2, 0) is 31.0 Å². The summed E-state index contributed by atoms with van der Waals surface area (Å²) in [6.45, 7) is 10.5. The maximum Gasteiger partial charge on any atom is 0.262 e. The highest BCUT2D eigenvalue weighted by molar-refractivity contribution is 7.99. The summed E-state index contributed by atoms with van der Waals surface area (Å²) in [4.78, 5) is 18.8. The van der Waals surface area contributed by atoms with Gasteiger partial charge in [0, 0.05) is 61.1 Å². The van der Waals surface area contributed by atoms with Crippen molar-refractivity contribution in [3.63, 3.8) is 0 Å². The molecule has 0 radical (unpaired) electrons. The number of nitrogens with one attached hydrogen (secondary N) is 1. The summed E-state index contributed by atoms with van der Waals surface area (Å²) in [6.07, 6.45) is 8.16. The number of carbonyl (C=O) groups excluding carboxylic acids is 1. The van der Waals surface area contributed by atoms with E-state index in [0.29, 0.717) is 24.0 Å². The zero-order valence-electron chi connectivity index (χ0n) is 29.5. The Morgan fingerprint density at radius 3 is 2.65 bits per heavy atom. The third kappa shape index (κ3) is 6.87. The molecule has 7 rings (SSSR count). The maximum atomic E-state index is 14.0. The van der Waals surface area contributed by atoms with Crippen LogP contribution in [-0.4, -0.2) is 91.4 Å². The van der Waals surface area contributed by atoms with E-state index < -0.39 is 9.71 Å². The van der Waals surface area contributed by atoms with Gasteiger partial charge >= 0.3 is 0 Å². The minimum atomic E-state index is -2.91. The summed E-state index contributed by atoms with van der Waals surface area (Å²) in [5.41, 5.74) is 3.53. The second-order valence-corrected chi connectivity index (χ2v) is 18.5. The van der Waals surface area contributed by atoms with Crippen molar-refractivity contribution in [1.82, 2.24) is 9.62 Å². The fourth-order valence-electron chi connectivity index (χ4n) is 9.50. The van der Waals surface area contributed by atoms with E-state index in [2.05, 4.69) is 39.4 Å². The van der Waals surface area contributed by atoms with E-state index in [1.165, 1.54) is 11.1 Å². The van der Waals surface area contributed by atoms with Crippen molar-refractivity contribution < 1.29 is 23.2 Å². The number of anilines is 1. The summed E-state index contributed by atoms with van der Waals surface area (Å²) in [5, 5.41) is 0.492. The van der Waals surface area contributed by atoms with E-state index in [1.54, 1.807) is 6.07 Å². The lowest BCUT2D eigenvalue weighted by Crippen LogP contribution is -2.58. The number of fused-ring (bicyclic) bond motifs is 4. The van der Waals surface area contributed by atoms with Crippen LogP contribution in [0.3, 0.4) is 0 Å². The fraction of sp³-hybridized carbons (Fsp3) is 0.641. The molecule has 2 aliphatic carbocycles. The van der Waals surface area contributed by atoms with Gasteiger partial charge in [0.05, 0.1) is 40.8 Å². The maximum absolute atomic E-state index is 14.0. The van der Waals surface area contributed by atoms with Crippen LogP contribution in [0.5, 0.6) is 5.75 Å². The SMILES string of the molecule is C=S1(=O)NC(=O)c2ccc3c(c2)N(C[C@@H]2CC[C@H]2[C@@](CN2CCOCC2)(OC)CCC[C@H](C)[C@H]1C)C[C@@]1(CCCc2cc(Cl)ccc21)CO3. The van der Waals surface area contributed by atoms with Crippen molar-refractivity contribution in [1.29, 1.82) is 0 Å². The molecule has 7 atom stereocenters. The van der Waals surface area contributed by atoms with Crippen molar-refractivity contribution in [2.24, 2.45) is 17.8 Å². The van der Waals surface area contributed by atoms with Crippen molar-refractivity contribution in [2.75, 3.05) is 64.6 Å². The Morgan fingerprint density at radius 2 is 1.90 bits per heavy atom. The molecule has 1 saturated heterocycles. The first kappa shape index (κ1) is 35.1. The number of amides is 1. The second-order valence-electron chi connectivity index (χ2n) is 15.6. The third-order valence-electron chi connectivity index (χ3n) is 12.8. The molecule has 3 aliphatic heterocycles. The van der Waals surface area contributed by atoms with E-state index in [4.69, 9.17) is 25.8 Å². The predicted molar refractivity (Wildman–Crippen MR) is 199 cm³/mol.